The van der Waals surface area contributed by atoms with Gasteiger partial charge in [0.05, 0.1) is 17.6 Å². The van der Waals surface area contributed by atoms with Crippen LogP contribution in [0.2, 0.25) is 0 Å². The highest BCUT2D eigenvalue weighted by atomic mass is 32.2. The van der Waals surface area contributed by atoms with E-state index in [1.165, 1.54) is 31.4 Å². The van der Waals surface area contributed by atoms with Crippen LogP contribution in [-0.4, -0.2) is 74.7 Å². The molecular weight excluding hydrogens is 628 g/mol. The van der Waals surface area contributed by atoms with E-state index in [1.54, 1.807) is 29.2 Å². The number of hydrogen-bond donors (Lipinski definition) is 1. The van der Waals surface area contributed by atoms with Crippen molar-refractivity contribution in [1.29, 1.82) is 0 Å². The third kappa shape index (κ3) is 7.73. The molecule has 3 aliphatic rings. The summed E-state index contributed by atoms with van der Waals surface area (Å²) in [4.78, 5) is 46.5. The fourth-order valence-corrected chi connectivity index (χ4v) is 8.63. The lowest BCUT2D eigenvalue weighted by Crippen LogP contribution is -2.53. The van der Waals surface area contributed by atoms with E-state index in [0.29, 0.717) is 56.7 Å². The fourth-order valence-electron chi connectivity index (χ4n) is 6.53. The van der Waals surface area contributed by atoms with Crippen LogP contribution in [0.3, 0.4) is 0 Å². The number of piperidine rings is 1. The highest BCUT2D eigenvalue weighted by molar-refractivity contribution is 7.93. The summed E-state index contributed by atoms with van der Waals surface area (Å²) in [6.07, 6.45) is 2.98. The Kier molecular flexibility index (Phi) is 10.2. The predicted octanol–water partition coefficient (Wildman–Crippen LogP) is 5.20. The molecule has 3 fully saturated rings. The topological polar surface area (TPSA) is 147 Å². The summed E-state index contributed by atoms with van der Waals surface area (Å²) in [5.41, 5.74) is 1.64. The van der Waals surface area contributed by atoms with Crippen LogP contribution in [0.4, 0.5) is 4.79 Å². The normalized spacial score (nSPS) is 22.8. The first-order valence-electron chi connectivity index (χ1n) is 16.0. The lowest BCUT2D eigenvalue weighted by atomic mass is 9.76. The molecular formula is C34H44N2O10S. The summed E-state index contributed by atoms with van der Waals surface area (Å²) >= 11 is 0. The zero-order valence-corrected chi connectivity index (χ0v) is 28.2. The summed E-state index contributed by atoms with van der Waals surface area (Å²) in [5, 5.41) is 0. The van der Waals surface area contributed by atoms with Crippen LogP contribution < -0.4 is 15.0 Å². The summed E-state index contributed by atoms with van der Waals surface area (Å²) in [6.45, 7) is 6.71. The molecule has 256 valence electrons. The molecule has 2 aromatic carbocycles. The minimum absolute atomic E-state index is 0.0689. The van der Waals surface area contributed by atoms with E-state index in [0.717, 1.165) is 12.8 Å². The Labute approximate surface area is 275 Å². The summed E-state index contributed by atoms with van der Waals surface area (Å²) in [5.74, 6) is -0.615. The number of nitrogens with zero attached hydrogens (tertiary/aromatic N) is 1. The van der Waals surface area contributed by atoms with Crippen molar-refractivity contribution in [3.8, 4) is 11.5 Å². The number of hydroxylamine groups is 1. The zero-order chi connectivity index (χ0) is 33.9. The number of likely N-dealkylation sites (tertiary alicyclic amines) is 1. The Morgan fingerprint density at radius 2 is 1.57 bits per heavy atom. The average molecular weight is 673 g/mol. The number of methoxy groups -OCH3 is 1. The predicted molar refractivity (Wildman–Crippen MR) is 170 cm³/mol. The van der Waals surface area contributed by atoms with Gasteiger partial charge in [-0.25, -0.2) is 28.3 Å². The maximum Gasteiger partial charge on any atom is 0.410 e. The molecule has 1 spiro atoms. The molecule has 2 heterocycles. The second kappa shape index (κ2) is 13.8. The van der Waals surface area contributed by atoms with Crippen molar-refractivity contribution in [2.45, 2.75) is 93.7 Å². The van der Waals surface area contributed by atoms with E-state index in [9.17, 15) is 22.8 Å². The number of ether oxygens (including phenoxy) is 4. The van der Waals surface area contributed by atoms with Crippen LogP contribution in [-0.2, 0) is 28.9 Å². The van der Waals surface area contributed by atoms with Gasteiger partial charge >= 0.3 is 12.1 Å². The second-order valence-electron chi connectivity index (χ2n) is 13.6. The minimum Gasteiger partial charge on any atom is -0.497 e. The Bertz CT molecular complexity index is 1540. The van der Waals surface area contributed by atoms with Crippen molar-refractivity contribution in [1.82, 2.24) is 10.4 Å². The van der Waals surface area contributed by atoms with Gasteiger partial charge in [0.2, 0.25) is 0 Å². The number of amides is 2. The van der Waals surface area contributed by atoms with Gasteiger partial charge in [-0.3, -0.25) is 4.79 Å². The van der Waals surface area contributed by atoms with Crippen molar-refractivity contribution in [2.75, 3.05) is 26.8 Å². The van der Waals surface area contributed by atoms with Gasteiger partial charge in [0.1, 0.15) is 17.1 Å². The van der Waals surface area contributed by atoms with E-state index in [-0.39, 0.29) is 23.5 Å². The summed E-state index contributed by atoms with van der Waals surface area (Å²) in [7, 11) is -2.76. The number of sulfone groups is 1. The smallest absolute Gasteiger partial charge is 0.410 e. The molecule has 2 saturated heterocycles. The van der Waals surface area contributed by atoms with Crippen LogP contribution in [0.1, 0.15) is 82.5 Å². The first-order chi connectivity index (χ1) is 22.3. The quantitative estimate of drug-likeness (QED) is 0.225. The Hall–Kier alpha value is -3.68. The van der Waals surface area contributed by atoms with Crippen molar-refractivity contribution in [3.63, 3.8) is 0 Å². The fraction of sp³-hybridized carbons (Fsp3) is 0.559. The minimum atomic E-state index is -4.28. The molecule has 2 amide bonds. The summed E-state index contributed by atoms with van der Waals surface area (Å²) < 4.78 is 48.8. The highest BCUT2D eigenvalue weighted by Gasteiger charge is 2.61. The van der Waals surface area contributed by atoms with E-state index >= 15 is 0 Å². The van der Waals surface area contributed by atoms with Crippen LogP contribution in [0.5, 0.6) is 11.5 Å². The number of hydrogen-bond acceptors (Lipinski definition) is 10. The summed E-state index contributed by atoms with van der Waals surface area (Å²) in [6, 6.07) is 11.9. The molecule has 2 aliphatic heterocycles. The molecule has 1 saturated carbocycles. The van der Waals surface area contributed by atoms with Gasteiger partial charge in [-0.1, -0.05) is 0 Å². The molecule has 2 aromatic rings. The molecule has 2 atom stereocenters. The number of carbonyl (C=O) groups excluding carboxylic acids is 3. The van der Waals surface area contributed by atoms with Gasteiger partial charge in [-0.15, -0.1) is 0 Å². The van der Waals surface area contributed by atoms with Crippen LogP contribution in [0, 0.1) is 5.41 Å². The maximum atomic E-state index is 14.5. The first-order valence-corrected chi connectivity index (χ1v) is 17.5. The standard InChI is InChI=1S/C34H44N2O10S/c1-32(2,3)45-31(39)36-20-18-33(19-21-36)16-17-34(23-33,30(38)35-46-28-7-5-6-22-43-28)47(40,41)27-14-12-26(13-15-27)44-29(37)24-8-10-25(42-4)11-9-24/h8-15,28H,5-7,16-23H2,1-4H3,(H,35,38). The van der Waals surface area contributed by atoms with Gasteiger partial charge in [0.25, 0.3) is 5.91 Å². The molecule has 2 unspecified atom stereocenters. The van der Waals surface area contributed by atoms with Crippen LogP contribution >= 0.6 is 0 Å². The highest BCUT2D eigenvalue weighted by Crippen LogP contribution is 2.55. The van der Waals surface area contributed by atoms with Crippen molar-refractivity contribution < 1.29 is 46.6 Å². The van der Waals surface area contributed by atoms with Crippen molar-refractivity contribution in [3.05, 3.63) is 54.1 Å². The number of benzene rings is 2. The molecule has 12 nitrogen and oxygen atoms in total. The van der Waals surface area contributed by atoms with E-state index in [4.69, 9.17) is 23.8 Å². The lowest BCUT2D eigenvalue weighted by Gasteiger charge is -2.40. The molecule has 1 N–H and O–H groups in total. The average Bonchev–Trinajstić information content (AvgIpc) is 3.44. The third-order valence-corrected chi connectivity index (χ3v) is 11.7. The Morgan fingerprint density at radius 1 is 0.915 bits per heavy atom. The SMILES string of the molecule is COc1ccc(C(=O)Oc2ccc(S(=O)(=O)C3(C(=O)NOC4CCCCO4)CCC4(CCN(C(=O)OC(C)(C)C)CC4)C3)cc2)cc1. The number of carbonyl (C=O) groups is 3. The van der Waals surface area contributed by atoms with Crippen molar-refractivity contribution >= 4 is 27.8 Å². The van der Waals surface area contributed by atoms with Crippen LogP contribution in [0.15, 0.2) is 53.4 Å². The van der Waals surface area contributed by atoms with E-state index < -0.39 is 49.9 Å². The monoisotopic (exact) mass is 672 g/mol. The van der Waals surface area contributed by atoms with Gasteiger partial charge in [-0.2, -0.15) is 0 Å². The molecule has 1 aliphatic carbocycles. The van der Waals surface area contributed by atoms with Gasteiger partial charge < -0.3 is 23.8 Å². The molecule has 0 bridgehead atoms. The molecule has 47 heavy (non-hydrogen) atoms. The first kappa shape index (κ1) is 34.6. The largest absolute Gasteiger partial charge is 0.497 e. The molecule has 0 radical (unpaired) electrons. The third-order valence-electron chi connectivity index (χ3n) is 9.22. The Morgan fingerprint density at radius 3 is 2.17 bits per heavy atom. The number of nitrogens with one attached hydrogen (secondary N) is 1. The zero-order valence-electron chi connectivity index (χ0n) is 27.4. The maximum absolute atomic E-state index is 14.5. The molecule has 5 rings (SSSR count). The Balaban J connectivity index is 1.35. The second-order valence-corrected chi connectivity index (χ2v) is 15.8. The number of rotatable bonds is 8. The van der Waals surface area contributed by atoms with Crippen molar-refractivity contribution in [2.24, 2.45) is 5.41 Å². The van der Waals surface area contributed by atoms with Gasteiger partial charge in [-0.05, 0) is 120 Å². The van der Waals surface area contributed by atoms with E-state index in [1.807, 2.05) is 20.8 Å². The van der Waals surface area contributed by atoms with Gasteiger partial charge in [0.15, 0.2) is 20.9 Å². The lowest BCUT2D eigenvalue weighted by molar-refractivity contribution is -0.201. The van der Waals surface area contributed by atoms with Gasteiger partial charge in [0, 0.05) is 26.1 Å². The molecule has 13 heteroatoms. The van der Waals surface area contributed by atoms with E-state index in [2.05, 4.69) is 5.48 Å². The molecule has 0 aromatic heterocycles. The number of esters is 1. The van der Waals surface area contributed by atoms with Crippen LogP contribution in [0.25, 0.3) is 0 Å².